The first-order valence-corrected chi connectivity index (χ1v) is 17.4. The van der Waals surface area contributed by atoms with Crippen LogP contribution in [0.15, 0.2) is 91.0 Å². The third-order valence-electron chi connectivity index (χ3n) is 10.6. The maximum Gasteiger partial charge on any atom is 0.224 e. The van der Waals surface area contributed by atoms with Crippen LogP contribution < -0.4 is 20.7 Å². The van der Waals surface area contributed by atoms with Crippen molar-refractivity contribution in [2.75, 3.05) is 9.80 Å². The van der Waals surface area contributed by atoms with Gasteiger partial charge in [-0.2, -0.15) is 11.8 Å². The predicted octanol–water partition coefficient (Wildman–Crippen LogP) is 8.06. The second-order valence-corrected chi connectivity index (χ2v) is 15.5. The van der Waals surface area contributed by atoms with Gasteiger partial charge in [0.2, 0.25) is 6.71 Å². The predicted molar refractivity (Wildman–Crippen MR) is 180 cm³/mol. The molecule has 2 fully saturated rings. The summed E-state index contributed by atoms with van der Waals surface area (Å²) in [5, 5.41) is 2.52. The Bertz CT molecular complexity index is 1640. The van der Waals surface area contributed by atoms with Crippen LogP contribution in [-0.4, -0.2) is 27.8 Å². The molecular weight excluding hydrogens is 535 g/mol. The molecule has 4 aromatic carbocycles. The molecule has 9 rings (SSSR count). The molecule has 0 amide bonds. The van der Waals surface area contributed by atoms with E-state index in [4.69, 9.17) is 0 Å². The highest BCUT2D eigenvalue weighted by Gasteiger charge is 2.61. The average Bonchev–Trinajstić information content (AvgIpc) is 3.51. The van der Waals surface area contributed by atoms with E-state index in [9.17, 15) is 0 Å². The Balaban J connectivity index is 1.34. The fourth-order valence-electron chi connectivity index (χ4n) is 8.58. The molecule has 0 N–H and O–H groups in total. The van der Waals surface area contributed by atoms with Gasteiger partial charge >= 0.3 is 0 Å². The molecule has 0 spiro atoms. The van der Waals surface area contributed by atoms with E-state index in [1.807, 2.05) is 0 Å². The molecule has 204 valence electrons. The molecule has 4 aliphatic heterocycles. The van der Waals surface area contributed by atoms with E-state index in [1.54, 1.807) is 22.1 Å². The molecule has 1 aliphatic carbocycles. The van der Waals surface area contributed by atoms with E-state index in [2.05, 4.69) is 138 Å². The molecule has 0 bridgehead atoms. The lowest BCUT2D eigenvalue weighted by Crippen LogP contribution is -2.62. The van der Waals surface area contributed by atoms with Gasteiger partial charge < -0.3 is 9.80 Å². The third-order valence-corrected chi connectivity index (χ3v) is 14.4. The van der Waals surface area contributed by atoms with Gasteiger partial charge in [-0.25, -0.2) is 0 Å². The highest BCUT2D eigenvalue weighted by atomic mass is 32.2. The quantitative estimate of drug-likeness (QED) is 0.225. The maximum atomic E-state index is 2.73. The third kappa shape index (κ3) is 3.54. The zero-order valence-electron chi connectivity index (χ0n) is 23.7. The summed E-state index contributed by atoms with van der Waals surface area (Å²) >= 11 is 4.58. The summed E-state index contributed by atoms with van der Waals surface area (Å²) in [6.07, 6.45) is 5.07. The number of rotatable bonds is 2. The largest absolute Gasteiger partial charge is 0.330 e. The number of thioether (sulfide) groups is 2. The molecule has 0 aromatic heterocycles. The SMILES string of the molecule is CC1SC2C(SC3C2B2c4cc5c(cc4N(c4ccccc4)c4cccc(c42)N3c2ccccc2)CCCC5)C1C. The van der Waals surface area contributed by atoms with Crippen molar-refractivity contribution in [1.29, 1.82) is 0 Å². The Hall–Kier alpha value is -2.76. The minimum Gasteiger partial charge on any atom is -0.330 e. The van der Waals surface area contributed by atoms with E-state index >= 15 is 0 Å². The van der Waals surface area contributed by atoms with Gasteiger partial charge in [0, 0.05) is 44.2 Å². The Kier molecular flexibility index (Phi) is 5.67. The van der Waals surface area contributed by atoms with Crippen LogP contribution in [0, 0.1) is 5.92 Å². The molecule has 6 unspecified atom stereocenters. The number of aryl methyl sites for hydroxylation is 2. The smallest absolute Gasteiger partial charge is 0.224 e. The molecule has 5 heteroatoms. The van der Waals surface area contributed by atoms with Crippen molar-refractivity contribution in [3.05, 3.63) is 102 Å². The lowest BCUT2D eigenvalue weighted by atomic mass is 9.29. The van der Waals surface area contributed by atoms with Crippen LogP contribution in [0.25, 0.3) is 0 Å². The van der Waals surface area contributed by atoms with Gasteiger partial charge in [0.25, 0.3) is 0 Å². The van der Waals surface area contributed by atoms with Crippen LogP contribution in [0.5, 0.6) is 0 Å². The lowest BCUT2D eigenvalue weighted by Gasteiger charge is -2.49. The zero-order chi connectivity index (χ0) is 27.2. The Morgan fingerprint density at radius 3 is 2.12 bits per heavy atom. The van der Waals surface area contributed by atoms with Crippen LogP contribution in [0.1, 0.15) is 37.8 Å². The normalized spacial score (nSPS) is 29.0. The van der Waals surface area contributed by atoms with Crippen molar-refractivity contribution in [2.45, 2.75) is 66.5 Å². The fourth-order valence-corrected chi connectivity index (χ4v) is 13.0. The topological polar surface area (TPSA) is 6.48 Å². The van der Waals surface area contributed by atoms with Crippen molar-refractivity contribution in [2.24, 2.45) is 5.92 Å². The first-order chi connectivity index (χ1) is 20.2. The summed E-state index contributed by atoms with van der Waals surface area (Å²) in [7, 11) is 0. The summed E-state index contributed by atoms with van der Waals surface area (Å²) in [6, 6.07) is 34.7. The Morgan fingerprint density at radius 2 is 1.37 bits per heavy atom. The van der Waals surface area contributed by atoms with Gasteiger partial charge in [-0.3, -0.25) is 0 Å². The number of benzene rings is 4. The zero-order valence-corrected chi connectivity index (χ0v) is 25.4. The van der Waals surface area contributed by atoms with Crippen molar-refractivity contribution in [3.8, 4) is 0 Å². The number of hydrogen-bond donors (Lipinski definition) is 0. The second-order valence-electron chi connectivity index (χ2n) is 12.7. The van der Waals surface area contributed by atoms with E-state index in [1.165, 1.54) is 54.1 Å². The van der Waals surface area contributed by atoms with Crippen molar-refractivity contribution in [1.82, 2.24) is 0 Å². The highest BCUT2D eigenvalue weighted by Crippen LogP contribution is 2.63. The van der Waals surface area contributed by atoms with Gasteiger partial charge in [-0.05, 0) is 102 Å². The van der Waals surface area contributed by atoms with Crippen LogP contribution >= 0.6 is 23.5 Å². The number of anilines is 5. The van der Waals surface area contributed by atoms with E-state index in [0.29, 0.717) is 33.7 Å². The molecule has 5 aliphatic rings. The molecule has 0 radical (unpaired) electrons. The summed E-state index contributed by atoms with van der Waals surface area (Å²) in [5.41, 5.74) is 13.1. The standard InChI is InChI=1S/C36H35BN2S2/c1-22-23(2)40-35-33-36(41-34(22)35)39(27-16-7-4-8-17-27)30-19-11-18-29-32(30)37(33)28-20-24-12-9-10-13-25(24)21-31(28)38(29)26-14-5-3-6-15-26/h3-8,11,14-23,33-36H,9-10,12-13H2,1-2H3. The summed E-state index contributed by atoms with van der Waals surface area (Å²) in [5.74, 6) is 1.29. The van der Waals surface area contributed by atoms with Gasteiger partial charge in [0.05, 0.1) is 5.37 Å². The second kappa shape index (κ2) is 9.37. The molecule has 0 saturated carbocycles. The monoisotopic (exact) mass is 570 g/mol. The van der Waals surface area contributed by atoms with Crippen LogP contribution in [0.2, 0.25) is 5.82 Å². The van der Waals surface area contributed by atoms with Gasteiger partial charge in [0.1, 0.15) is 0 Å². The van der Waals surface area contributed by atoms with Crippen LogP contribution in [0.4, 0.5) is 28.4 Å². The summed E-state index contributed by atoms with van der Waals surface area (Å²) < 4.78 is 0. The van der Waals surface area contributed by atoms with Crippen LogP contribution in [-0.2, 0) is 12.8 Å². The Morgan fingerprint density at radius 1 is 0.683 bits per heavy atom. The number of hydrogen-bond acceptors (Lipinski definition) is 4. The molecule has 2 nitrogen and oxygen atoms in total. The number of fused-ring (bicyclic) bond motifs is 7. The first-order valence-electron chi connectivity index (χ1n) is 15.5. The van der Waals surface area contributed by atoms with E-state index in [-0.39, 0.29) is 0 Å². The molecule has 4 aromatic rings. The Labute approximate surface area is 253 Å². The molecule has 2 saturated heterocycles. The average molecular weight is 571 g/mol. The molecule has 6 atom stereocenters. The first kappa shape index (κ1) is 24.8. The van der Waals surface area contributed by atoms with E-state index < -0.39 is 0 Å². The van der Waals surface area contributed by atoms with Crippen molar-refractivity contribution >= 4 is 69.6 Å². The fraction of sp³-hybridized carbons (Fsp3) is 0.333. The summed E-state index contributed by atoms with van der Waals surface area (Å²) in [4.78, 5) is 5.32. The minimum atomic E-state index is 0.417. The number of para-hydroxylation sites is 2. The highest BCUT2D eigenvalue weighted by molar-refractivity contribution is 8.06. The van der Waals surface area contributed by atoms with E-state index in [0.717, 1.165) is 5.92 Å². The number of nitrogens with zero attached hydrogens (tertiary/aromatic N) is 2. The molecular formula is C36H35BN2S2. The molecule has 41 heavy (non-hydrogen) atoms. The lowest BCUT2D eigenvalue weighted by molar-refractivity contribution is 0.571. The van der Waals surface area contributed by atoms with Gasteiger partial charge in [0.15, 0.2) is 0 Å². The minimum absolute atomic E-state index is 0.417. The van der Waals surface area contributed by atoms with Crippen molar-refractivity contribution < 1.29 is 0 Å². The summed E-state index contributed by atoms with van der Waals surface area (Å²) in [6.45, 7) is 5.41. The van der Waals surface area contributed by atoms with Gasteiger partial charge in [-0.1, -0.05) is 62.4 Å². The molecule has 4 heterocycles. The van der Waals surface area contributed by atoms with Crippen molar-refractivity contribution in [3.63, 3.8) is 0 Å². The maximum absolute atomic E-state index is 2.73. The van der Waals surface area contributed by atoms with Gasteiger partial charge in [-0.15, -0.1) is 11.8 Å². The van der Waals surface area contributed by atoms with Crippen LogP contribution in [0.3, 0.4) is 0 Å².